The van der Waals surface area contributed by atoms with Crippen LogP contribution >= 0.6 is 0 Å². The fraction of sp³-hybridized carbons (Fsp3) is 1.00. The van der Waals surface area contributed by atoms with Gasteiger partial charge in [0.2, 0.25) is 0 Å². The van der Waals surface area contributed by atoms with Gasteiger partial charge in [-0.15, -0.1) is 0 Å². The van der Waals surface area contributed by atoms with E-state index in [2.05, 4.69) is 35.9 Å². The monoisotopic (exact) mass is 281 g/mol. The molecule has 1 aliphatic heterocycles. The molecule has 20 heavy (non-hydrogen) atoms. The van der Waals surface area contributed by atoms with Gasteiger partial charge in [0.1, 0.15) is 0 Å². The number of nitrogens with zero attached hydrogens (tertiary/aromatic N) is 2. The summed E-state index contributed by atoms with van der Waals surface area (Å²) >= 11 is 0. The Balaban J connectivity index is 1.75. The third-order valence-electron chi connectivity index (χ3n) is 4.91. The Kier molecular flexibility index (Phi) is 6.31. The molecule has 0 spiro atoms. The SMILES string of the molecule is CCCNCC(C)(CCC)CN1CCN(C2CC2)CC1. The number of hydrogen-bond acceptors (Lipinski definition) is 3. The van der Waals surface area contributed by atoms with E-state index in [0.717, 1.165) is 12.6 Å². The summed E-state index contributed by atoms with van der Waals surface area (Å²) in [5.74, 6) is 0. The lowest BCUT2D eigenvalue weighted by Crippen LogP contribution is -2.51. The molecule has 2 fully saturated rings. The molecule has 0 aromatic rings. The molecule has 2 aliphatic rings. The van der Waals surface area contributed by atoms with E-state index in [1.54, 1.807) is 0 Å². The summed E-state index contributed by atoms with van der Waals surface area (Å²) in [6.07, 6.45) is 6.78. The van der Waals surface area contributed by atoms with E-state index in [1.807, 2.05) is 0 Å². The highest BCUT2D eigenvalue weighted by Gasteiger charge is 2.33. The van der Waals surface area contributed by atoms with Crippen molar-refractivity contribution in [3.63, 3.8) is 0 Å². The van der Waals surface area contributed by atoms with Crippen molar-refractivity contribution >= 4 is 0 Å². The van der Waals surface area contributed by atoms with Crippen molar-refractivity contribution in [1.29, 1.82) is 0 Å². The smallest absolute Gasteiger partial charge is 0.0113 e. The lowest BCUT2D eigenvalue weighted by Gasteiger charge is -2.40. The van der Waals surface area contributed by atoms with E-state index in [4.69, 9.17) is 0 Å². The van der Waals surface area contributed by atoms with Gasteiger partial charge in [-0.25, -0.2) is 0 Å². The van der Waals surface area contributed by atoms with Crippen LogP contribution in [0, 0.1) is 5.41 Å². The Bertz CT molecular complexity index is 269. The van der Waals surface area contributed by atoms with Crippen LogP contribution in [-0.4, -0.2) is 61.7 Å². The molecule has 3 nitrogen and oxygen atoms in total. The molecule has 1 N–H and O–H groups in total. The first kappa shape index (κ1) is 16.3. The normalized spacial score (nSPS) is 24.8. The fourth-order valence-corrected chi connectivity index (χ4v) is 3.66. The van der Waals surface area contributed by atoms with Crippen molar-refractivity contribution in [2.75, 3.05) is 45.8 Å². The number of piperazine rings is 1. The summed E-state index contributed by atoms with van der Waals surface area (Å²) in [6, 6.07) is 0.949. The summed E-state index contributed by atoms with van der Waals surface area (Å²) in [5.41, 5.74) is 0.450. The maximum Gasteiger partial charge on any atom is 0.0113 e. The molecule has 0 amide bonds. The summed E-state index contributed by atoms with van der Waals surface area (Å²) in [5, 5.41) is 3.65. The van der Waals surface area contributed by atoms with Gasteiger partial charge < -0.3 is 10.2 Å². The van der Waals surface area contributed by atoms with Crippen molar-refractivity contribution in [2.45, 2.75) is 58.9 Å². The van der Waals surface area contributed by atoms with E-state index in [9.17, 15) is 0 Å². The van der Waals surface area contributed by atoms with Gasteiger partial charge in [-0.2, -0.15) is 0 Å². The van der Waals surface area contributed by atoms with Crippen molar-refractivity contribution in [3.05, 3.63) is 0 Å². The first-order valence-electron chi connectivity index (χ1n) is 8.84. The van der Waals surface area contributed by atoms with Gasteiger partial charge in [-0.05, 0) is 37.6 Å². The Morgan fingerprint density at radius 3 is 2.30 bits per heavy atom. The van der Waals surface area contributed by atoms with Gasteiger partial charge >= 0.3 is 0 Å². The minimum atomic E-state index is 0.450. The fourth-order valence-electron chi connectivity index (χ4n) is 3.66. The molecule has 1 atom stereocenters. The minimum Gasteiger partial charge on any atom is -0.316 e. The average molecular weight is 281 g/mol. The second-order valence-electron chi connectivity index (χ2n) is 7.28. The number of hydrogen-bond donors (Lipinski definition) is 1. The Labute approximate surface area is 126 Å². The van der Waals surface area contributed by atoms with Crippen molar-refractivity contribution in [1.82, 2.24) is 15.1 Å². The highest BCUT2D eigenvalue weighted by molar-refractivity contribution is 4.89. The molecule has 2 rings (SSSR count). The zero-order valence-electron chi connectivity index (χ0n) is 14.0. The number of nitrogens with one attached hydrogen (secondary N) is 1. The molecular weight excluding hydrogens is 246 g/mol. The van der Waals surface area contributed by atoms with Crippen LogP contribution in [0.15, 0.2) is 0 Å². The van der Waals surface area contributed by atoms with Gasteiger partial charge in [0.25, 0.3) is 0 Å². The van der Waals surface area contributed by atoms with Crippen LogP contribution in [0.25, 0.3) is 0 Å². The predicted octanol–water partition coefficient (Wildman–Crippen LogP) is 2.57. The van der Waals surface area contributed by atoms with Gasteiger partial charge in [0.05, 0.1) is 0 Å². The van der Waals surface area contributed by atoms with E-state index >= 15 is 0 Å². The first-order chi connectivity index (χ1) is 9.67. The maximum absolute atomic E-state index is 3.65. The van der Waals surface area contributed by atoms with Gasteiger partial charge in [0, 0.05) is 45.3 Å². The average Bonchev–Trinajstić information content (AvgIpc) is 3.24. The molecule has 1 heterocycles. The van der Waals surface area contributed by atoms with Gasteiger partial charge in [0.15, 0.2) is 0 Å². The number of rotatable bonds is 9. The van der Waals surface area contributed by atoms with Gasteiger partial charge in [-0.1, -0.05) is 27.2 Å². The zero-order valence-corrected chi connectivity index (χ0v) is 14.0. The third kappa shape index (κ3) is 5.01. The minimum absolute atomic E-state index is 0.450. The molecule has 3 heteroatoms. The highest BCUT2D eigenvalue weighted by Crippen LogP contribution is 2.29. The maximum atomic E-state index is 3.65. The second kappa shape index (κ2) is 7.77. The van der Waals surface area contributed by atoms with Gasteiger partial charge in [-0.3, -0.25) is 4.90 Å². The van der Waals surface area contributed by atoms with Crippen LogP contribution in [-0.2, 0) is 0 Å². The molecular formula is C17H35N3. The van der Waals surface area contributed by atoms with Crippen molar-refractivity contribution in [3.8, 4) is 0 Å². The first-order valence-corrected chi connectivity index (χ1v) is 8.84. The summed E-state index contributed by atoms with van der Waals surface area (Å²) in [6.45, 7) is 15.8. The summed E-state index contributed by atoms with van der Waals surface area (Å²) in [7, 11) is 0. The zero-order chi connectivity index (χ0) is 14.4. The highest BCUT2D eigenvalue weighted by atomic mass is 15.3. The van der Waals surface area contributed by atoms with E-state index in [-0.39, 0.29) is 0 Å². The van der Waals surface area contributed by atoms with Crippen LogP contribution in [0.3, 0.4) is 0 Å². The topological polar surface area (TPSA) is 18.5 Å². The lowest BCUT2D eigenvalue weighted by molar-refractivity contribution is 0.0823. The largest absolute Gasteiger partial charge is 0.316 e. The van der Waals surface area contributed by atoms with E-state index in [0.29, 0.717) is 5.41 Å². The Morgan fingerprint density at radius 1 is 1.05 bits per heavy atom. The quantitative estimate of drug-likeness (QED) is 0.655. The van der Waals surface area contributed by atoms with Crippen molar-refractivity contribution in [2.24, 2.45) is 5.41 Å². The molecule has 1 saturated heterocycles. The summed E-state index contributed by atoms with van der Waals surface area (Å²) in [4.78, 5) is 5.42. The van der Waals surface area contributed by atoms with E-state index in [1.165, 1.54) is 71.4 Å². The molecule has 0 bridgehead atoms. The standard InChI is InChI=1S/C17H35N3/c1-4-8-17(3,14-18-9-5-2)15-19-10-12-20(13-11-19)16-6-7-16/h16,18H,4-15H2,1-3H3. The third-order valence-corrected chi connectivity index (χ3v) is 4.91. The van der Waals surface area contributed by atoms with Crippen LogP contribution in [0.5, 0.6) is 0 Å². The molecule has 1 aliphatic carbocycles. The van der Waals surface area contributed by atoms with Crippen LogP contribution in [0.2, 0.25) is 0 Å². The van der Waals surface area contributed by atoms with Crippen LogP contribution in [0.1, 0.15) is 52.9 Å². The molecule has 0 radical (unpaired) electrons. The predicted molar refractivity (Wildman–Crippen MR) is 87.2 cm³/mol. The molecule has 0 aromatic heterocycles. The lowest BCUT2D eigenvalue weighted by atomic mass is 9.84. The van der Waals surface area contributed by atoms with Crippen LogP contribution in [0.4, 0.5) is 0 Å². The van der Waals surface area contributed by atoms with E-state index < -0.39 is 0 Å². The summed E-state index contributed by atoms with van der Waals surface area (Å²) < 4.78 is 0. The molecule has 118 valence electrons. The van der Waals surface area contributed by atoms with Crippen molar-refractivity contribution < 1.29 is 0 Å². The molecule has 0 aromatic carbocycles. The Morgan fingerprint density at radius 2 is 1.75 bits per heavy atom. The second-order valence-corrected chi connectivity index (χ2v) is 7.28. The van der Waals surface area contributed by atoms with Crippen LogP contribution < -0.4 is 5.32 Å². The molecule has 1 unspecified atom stereocenters. The Hall–Kier alpha value is -0.120. The molecule has 1 saturated carbocycles.